The van der Waals surface area contributed by atoms with Crippen molar-refractivity contribution in [3.8, 4) is 11.5 Å². The third kappa shape index (κ3) is 5.68. The van der Waals surface area contributed by atoms with Crippen molar-refractivity contribution in [2.75, 3.05) is 6.61 Å². The average Bonchev–Trinajstić information content (AvgIpc) is 3.22. The van der Waals surface area contributed by atoms with Gasteiger partial charge in [-0.05, 0) is 68.4 Å². The van der Waals surface area contributed by atoms with Crippen LogP contribution in [0, 0.1) is 12.8 Å². The number of hydrogen-bond donors (Lipinski definition) is 1. The molecule has 3 atom stereocenters. The average molecular weight is 466 g/mol. The predicted octanol–water partition coefficient (Wildman–Crippen LogP) is 6.54. The van der Waals surface area contributed by atoms with Gasteiger partial charge >= 0.3 is 5.97 Å². The van der Waals surface area contributed by atoms with Gasteiger partial charge in [0.1, 0.15) is 11.5 Å². The van der Waals surface area contributed by atoms with Crippen LogP contribution in [0.2, 0.25) is 0 Å². The Bertz CT molecular complexity index is 1120. The van der Waals surface area contributed by atoms with Gasteiger partial charge in [-0.2, -0.15) is 0 Å². The summed E-state index contributed by atoms with van der Waals surface area (Å²) in [5, 5.41) is 11.9. The molecule has 3 aromatic rings. The number of carboxylic acid groups (broad SMARTS) is 1. The number of aromatic nitrogens is 1. The molecule has 1 saturated carbocycles. The van der Waals surface area contributed by atoms with Crippen LogP contribution in [0.5, 0.6) is 0 Å². The number of ether oxygens (including phenoxy) is 2. The topological polar surface area (TPSA) is 81.8 Å². The fraction of sp³-hybridized carbons (Fsp3) is 0.500. The Labute approximate surface area is 201 Å². The van der Waals surface area contributed by atoms with Crippen molar-refractivity contribution in [3.63, 3.8) is 0 Å². The Morgan fingerprint density at radius 3 is 2.76 bits per heavy atom. The van der Waals surface area contributed by atoms with E-state index in [2.05, 4.69) is 24.3 Å². The molecule has 6 nitrogen and oxygen atoms in total. The van der Waals surface area contributed by atoms with E-state index in [9.17, 15) is 9.90 Å². The maximum absolute atomic E-state index is 11.6. The number of fused-ring (bicyclic) bond motifs is 1. The highest BCUT2D eigenvalue weighted by Crippen LogP contribution is 2.31. The lowest BCUT2D eigenvalue weighted by Crippen LogP contribution is -2.40. The molecule has 1 fully saturated rings. The van der Waals surface area contributed by atoms with Gasteiger partial charge in [-0.25, -0.2) is 9.78 Å². The van der Waals surface area contributed by atoms with Crippen LogP contribution in [0.4, 0.5) is 0 Å². The third-order valence-electron chi connectivity index (χ3n) is 6.90. The highest BCUT2D eigenvalue weighted by Gasteiger charge is 2.35. The number of benzene rings is 2. The summed E-state index contributed by atoms with van der Waals surface area (Å²) in [4.78, 5) is 16.4. The summed E-state index contributed by atoms with van der Waals surface area (Å²) in [6.45, 7) is 6.44. The molecule has 0 spiro atoms. The summed E-state index contributed by atoms with van der Waals surface area (Å²) < 4.78 is 18.1. The Morgan fingerprint density at radius 2 is 2.00 bits per heavy atom. The minimum absolute atomic E-state index is 0.116. The lowest BCUT2D eigenvalue weighted by atomic mass is 9.87. The highest BCUT2D eigenvalue weighted by molar-refractivity contribution is 5.86. The number of aliphatic carboxylic acids is 1. The number of carbonyl (C=O) groups is 1. The summed E-state index contributed by atoms with van der Waals surface area (Å²) in [7, 11) is 0. The van der Waals surface area contributed by atoms with Crippen LogP contribution in [0.15, 0.2) is 46.9 Å². The zero-order valence-corrected chi connectivity index (χ0v) is 20.4. The predicted molar refractivity (Wildman–Crippen MR) is 132 cm³/mol. The second kappa shape index (κ2) is 10.7. The van der Waals surface area contributed by atoms with Gasteiger partial charge in [0.2, 0.25) is 5.89 Å². The van der Waals surface area contributed by atoms with E-state index in [1.54, 1.807) is 6.92 Å². The molecule has 4 rings (SSSR count). The van der Waals surface area contributed by atoms with Crippen molar-refractivity contribution in [2.24, 2.45) is 5.92 Å². The van der Waals surface area contributed by atoms with Gasteiger partial charge in [0.05, 0.1) is 19.3 Å². The molecular formula is C28H35NO5. The van der Waals surface area contributed by atoms with Gasteiger partial charge in [-0.15, -0.1) is 0 Å². The second-order valence-corrected chi connectivity index (χ2v) is 9.65. The van der Waals surface area contributed by atoms with E-state index >= 15 is 0 Å². The summed E-state index contributed by atoms with van der Waals surface area (Å²) in [5.74, 6) is 0.804. The first-order valence-electron chi connectivity index (χ1n) is 12.3. The van der Waals surface area contributed by atoms with Crippen molar-refractivity contribution in [3.05, 3.63) is 53.9 Å². The molecule has 1 heterocycles. The Kier molecular flexibility index (Phi) is 7.69. The summed E-state index contributed by atoms with van der Waals surface area (Å²) >= 11 is 0. The lowest BCUT2D eigenvalue weighted by Gasteiger charge is -2.32. The molecule has 34 heavy (non-hydrogen) atoms. The van der Waals surface area contributed by atoms with Crippen LogP contribution in [-0.2, 0) is 20.9 Å². The minimum atomic E-state index is -1.11. The van der Waals surface area contributed by atoms with Gasteiger partial charge in [-0.1, -0.05) is 50.1 Å². The van der Waals surface area contributed by atoms with Crippen molar-refractivity contribution in [1.29, 1.82) is 0 Å². The van der Waals surface area contributed by atoms with E-state index in [1.165, 1.54) is 5.39 Å². The molecule has 0 saturated heterocycles. The zero-order chi connectivity index (χ0) is 24.1. The van der Waals surface area contributed by atoms with Crippen LogP contribution < -0.4 is 0 Å². The van der Waals surface area contributed by atoms with Crippen molar-refractivity contribution >= 4 is 16.7 Å². The van der Waals surface area contributed by atoms with E-state index < -0.39 is 11.6 Å². The Morgan fingerprint density at radius 1 is 1.21 bits per heavy atom. The molecule has 0 amide bonds. The first-order valence-corrected chi connectivity index (χ1v) is 12.3. The fourth-order valence-corrected chi connectivity index (χ4v) is 4.77. The molecule has 6 heteroatoms. The molecule has 0 radical (unpaired) electrons. The number of aryl methyl sites for hydroxylation is 1. The fourth-order valence-electron chi connectivity index (χ4n) is 4.77. The van der Waals surface area contributed by atoms with E-state index in [-0.39, 0.29) is 6.10 Å². The van der Waals surface area contributed by atoms with Crippen molar-refractivity contribution in [2.45, 2.75) is 77.6 Å². The highest BCUT2D eigenvalue weighted by atomic mass is 16.5. The smallest absolute Gasteiger partial charge is 0.335 e. The van der Waals surface area contributed by atoms with Crippen LogP contribution >= 0.6 is 0 Å². The molecule has 2 unspecified atom stereocenters. The number of nitrogens with zero attached hydrogens (tertiary/aromatic N) is 1. The van der Waals surface area contributed by atoms with Crippen molar-refractivity contribution in [1.82, 2.24) is 4.98 Å². The van der Waals surface area contributed by atoms with Crippen LogP contribution in [0.25, 0.3) is 22.2 Å². The van der Waals surface area contributed by atoms with E-state index in [4.69, 9.17) is 18.9 Å². The monoisotopic (exact) mass is 465 g/mol. The van der Waals surface area contributed by atoms with E-state index in [0.717, 1.165) is 54.5 Å². The molecule has 0 bridgehead atoms. The summed E-state index contributed by atoms with van der Waals surface area (Å²) in [5.41, 5.74) is 0.666. The van der Waals surface area contributed by atoms with Crippen LogP contribution in [0.1, 0.15) is 63.8 Å². The van der Waals surface area contributed by atoms with Gasteiger partial charge in [0, 0.05) is 5.56 Å². The lowest BCUT2D eigenvalue weighted by molar-refractivity contribution is -0.167. The number of hydrogen-bond acceptors (Lipinski definition) is 5. The quantitative estimate of drug-likeness (QED) is 0.366. The van der Waals surface area contributed by atoms with Gasteiger partial charge < -0.3 is 19.0 Å². The standard InChI is InChI=1S/C28H35NO5/c1-4-14-28(3,27(30)31)33-17-20-8-7-11-24(15-20)32-18-25-19(2)34-26(29-25)23-13-12-21-9-5-6-10-22(21)16-23/h5-6,9-10,12-13,16,20,24H,4,7-8,11,14-15,17-18H2,1-3H3,(H,30,31)/t20?,24-,28?/m0/s1. The summed E-state index contributed by atoms with van der Waals surface area (Å²) in [6, 6.07) is 14.5. The van der Waals surface area contributed by atoms with Crippen LogP contribution in [0.3, 0.4) is 0 Å². The molecule has 0 aliphatic heterocycles. The zero-order valence-electron chi connectivity index (χ0n) is 20.4. The van der Waals surface area contributed by atoms with E-state index in [1.807, 2.05) is 32.0 Å². The molecule has 1 aromatic heterocycles. The first kappa shape index (κ1) is 24.4. The molecular weight excluding hydrogens is 430 g/mol. The van der Waals surface area contributed by atoms with Crippen LogP contribution in [-0.4, -0.2) is 34.4 Å². The van der Waals surface area contributed by atoms with Gasteiger partial charge in [-0.3, -0.25) is 0 Å². The molecule has 2 aromatic carbocycles. The van der Waals surface area contributed by atoms with Gasteiger partial charge in [0.25, 0.3) is 0 Å². The number of rotatable bonds is 10. The molecule has 1 N–H and O–H groups in total. The SMILES string of the molecule is CCCC(C)(OCC1CCC[C@H](OCc2nc(-c3ccc4ccccc4c3)oc2C)C1)C(=O)O. The number of oxazole rings is 1. The molecule has 182 valence electrons. The Balaban J connectivity index is 1.34. The number of carboxylic acids is 1. The first-order chi connectivity index (χ1) is 16.4. The second-order valence-electron chi connectivity index (χ2n) is 9.65. The molecule has 1 aliphatic carbocycles. The third-order valence-corrected chi connectivity index (χ3v) is 6.90. The summed E-state index contributed by atoms with van der Waals surface area (Å²) in [6.07, 6.45) is 5.36. The minimum Gasteiger partial charge on any atom is -0.479 e. The molecule has 1 aliphatic rings. The largest absolute Gasteiger partial charge is 0.479 e. The van der Waals surface area contributed by atoms with Crippen molar-refractivity contribution < 1.29 is 23.8 Å². The Hall–Kier alpha value is -2.70. The van der Waals surface area contributed by atoms with E-state index in [0.29, 0.717) is 31.4 Å². The maximum atomic E-state index is 11.6. The maximum Gasteiger partial charge on any atom is 0.335 e. The normalized spacial score (nSPS) is 20.3. The van der Waals surface area contributed by atoms with Gasteiger partial charge in [0.15, 0.2) is 5.60 Å².